The summed E-state index contributed by atoms with van der Waals surface area (Å²) in [5, 5.41) is 3.73. The van der Waals surface area contributed by atoms with E-state index in [9.17, 15) is 4.79 Å². The maximum Gasteiger partial charge on any atom is 0.321 e. The summed E-state index contributed by atoms with van der Waals surface area (Å²) in [4.78, 5) is 13.4. The molecule has 1 aromatic carbocycles. The van der Waals surface area contributed by atoms with E-state index in [0.29, 0.717) is 15.7 Å². The van der Waals surface area contributed by atoms with E-state index in [1.165, 1.54) is 0 Å². The Morgan fingerprint density at radius 2 is 2.12 bits per heavy atom. The Hall–Kier alpha value is -0.930. The van der Waals surface area contributed by atoms with E-state index in [-0.39, 0.29) is 6.03 Å². The minimum atomic E-state index is -0.164. The second-order valence-corrected chi connectivity index (χ2v) is 4.67. The number of urea groups is 1. The van der Waals surface area contributed by atoms with Crippen molar-refractivity contribution in [3.8, 4) is 0 Å². The standard InChI is InChI=1S/C12H16Cl2N2O/c1-3-4-7-16(2)12(17)15-11-6-5-9(13)8-10(11)14/h5-6,8H,3-4,7H2,1-2H3,(H,15,17). The largest absolute Gasteiger partial charge is 0.328 e. The molecule has 17 heavy (non-hydrogen) atoms. The first kappa shape index (κ1) is 14.1. The highest BCUT2D eigenvalue weighted by molar-refractivity contribution is 6.36. The van der Waals surface area contributed by atoms with Gasteiger partial charge >= 0.3 is 6.03 Å². The Balaban J connectivity index is 2.61. The van der Waals surface area contributed by atoms with Crippen LogP contribution in [0.1, 0.15) is 19.8 Å². The van der Waals surface area contributed by atoms with Crippen LogP contribution in [0.5, 0.6) is 0 Å². The third-order valence-electron chi connectivity index (χ3n) is 2.37. The summed E-state index contributed by atoms with van der Waals surface area (Å²) in [6, 6.07) is 4.82. The van der Waals surface area contributed by atoms with Gasteiger partial charge in [0.2, 0.25) is 0 Å². The van der Waals surface area contributed by atoms with Crippen molar-refractivity contribution in [2.75, 3.05) is 18.9 Å². The van der Waals surface area contributed by atoms with Crippen molar-refractivity contribution in [3.63, 3.8) is 0 Å². The molecule has 94 valence electrons. The quantitative estimate of drug-likeness (QED) is 0.875. The summed E-state index contributed by atoms with van der Waals surface area (Å²) in [7, 11) is 1.76. The normalized spacial score (nSPS) is 10.1. The van der Waals surface area contributed by atoms with E-state index < -0.39 is 0 Å². The highest BCUT2D eigenvalue weighted by atomic mass is 35.5. The predicted molar refractivity (Wildman–Crippen MR) is 73.0 cm³/mol. The van der Waals surface area contributed by atoms with Crippen molar-refractivity contribution in [3.05, 3.63) is 28.2 Å². The van der Waals surface area contributed by atoms with E-state index in [1.807, 2.05) is 0 Å². The van der Waals surface area contributed by atoms with Gasteiger partial charge in [0, 0.05) is 18.6 Å². The number of rotatable bonds is 4. The predicted octanol–water partition coefficient (Wildman–Crippen LogP) is 4.26. The molecule has 0 unspecified atom stereocenters. The number of unbranched alkanes of at least 4 members (excludes halogenated alkanes) is 1. The van der Waals surface area contributed by atoms with Gasteiger partial charge in [-0.1, -0.05) is 36.5 Å². The minimum Gasteiger partial charge on any atom is -0.328 e. The van der Waals surface area contributed by atoms with Crippen LogP contribution in [0.4, 0.5) is 10.5 Å². The smallest absolute Gasteiger partial charge is 0.321 e. The summed E-state index contributed by atoms with van der Waals surface area (Å²) >= 11 is 11.7. The zero-order chi connectivity index (χ0) is 12.8. The van der Waals surface area contributed by atoms with Crippen LogP contribution >= 0.6 is 23.2 Å². The first-order valence-corrected chi connectivity index (χ1v) is 6.27. The van der Waals surface area contributed by atoms with Gasteiger partial charge in [0.15, 0.2) is 0 Å². The summed E-state index contributed by atoms with van der Waals surface area (Å²) in [6.07, 6.45) is 2.04. The average Bonchev–Trinajstić information content (AvgIpc) is 2.29. The van der Waals surface area contributed by atoms with Crippen molar-refractivity contribution < 1.29 is 4.79 Å². The van der Waals surface area contributed by atoms with Gasteiger partial charge in [-0.05, 0) is 24.6 Å². The first-order valence-electron chi connectivity index (χ1n) is 5.51. The van der Waals surface area contributed by atoms with Crippen molar-refractivity contribution in [1.82, 2.24) is 4.90 Å². The number of carbonyl (C=O) groups excluding carboxylic acids is 1. The summed E-state index contributed by atoms with van der Waals surface area (Å²) < 4.78 is 0. The van der Waals surface area contributed by atoms with Gasteiger partial charge < -0.3 is 10.2 Å². The lowest BCUT2D eigenvalue weighted by Gasteiger charge is -2.18. The van der Waals surface area contributed by atoms with Crippen molar-refractivity contribution in [2.24, 2.45) is 0 Å². The van der Waals surface area contributed by atoms with Gasteiger partial charge in [-0.3, -0.25) is 0 Å². The summed E-state index contributed by atoms with van der Waals surface area (Å²) in [5.41, 5.74) is 0.574. The number of nitrogens with one attached hydrogen (secondary N) is 1. The number of hydrogen-bond acceptors (Lipinski definition) is 1. The summed E-state index contributed by atoms with van der Waals surface area (Å²) in [6.45, 7) is 2.81. The number of amides is 2. The molecule has 0 heterocycles. The molecule has 1 N–H and O–H groups in total. The molecule has 1 rings (SSSR count). The lowest BCUT2D eigenvalue weighted by molar-refractivity contribution is 0.222. The molecule has 0 saturated heterocycles. The lowest BCUT2D eigenvalue weighted by atomic mass is 10.3. The van der Waals surface area contributed by atoms with Gasteiger partial charge in [0.05, 0.1) is 10.7 Å². The van der Waals surface area contributed by atoms with Gasteiger partial charge in [-0.2, -0.15) is 0 Å². The fraction of sp³-hybridized carbons (Fsp3) is 0.417. The van der Waals surface area contributed by atoms with Gasteiger partial charge in [0.1, 0.15) is 0 Å². The van der Waals surface area contributed by atoms with E-state index in [4.69, 9.17) is 23.2 Å². The molecule has 1 aromatic rings. The van der Waals surface area contributed by atoms with Crippen LogP contribution in [-0.4, -0.2) is 24.5 Å². The van der Waals surface area contributed by atoms with Crippen LogP contribution in [0, 0.1) is 0 Å². The zero-order valence-corrected chi connectivity index (χ0v) is 11.5. The fourth-order valence-corrected chi connectivity index (χ4v) is 1.75. The van der Waals surface area contributed by atoms with Crippen molar-refractivity contribution >= 4 is 34.9 Å². The molecule has 0 saturated carbocycles. The third kappa shape index (κ3) is 4.44. The Kier molecular flexibility index (Phi) is 5.59. The maximum absolute atomic E-state index is 11.8. The molecular weight excluding hydrogens is 259 g/mol. The van der Waals surface area contributed by atoms with E-state index in [2.05, 4.69) is 12.2 Å². The number of anilines is 1. The minimum absolute atomic E-state index is 0.164. The molecule has 2 amide bonds. The molecule has 0 atom stereocenters. The second-order valence-electron chi connectivity index (χ2n) is 3.83. The Morgan fingerprint density at radius 1 is 1.41 bits per heavy atom. The van der Waals surface area contributed by atoms with Crippen molar-refractivity contribution in [2.45, 2.75) is 19.8 Å². The van der Waals surface area contributed by atoms with Gasteiger partial charge in [0.25, 0.3) is 0 Å². The third-order valence-corrected chi connectivity index (χ3v) is 2.91. The van der Waals surface area contributed by atoms with Crippen LogP contribution in [0.3, 0.4) is 0 Å². The number of benzene rings is 1. The van der Waals surface area contributed by atoms with Crippen molar-refractivity contribution in [1.29, 1.82) is 0 Å². The Bertz CT molecular complexity index is 396. The fourth-order valence-electron chi connectivity index (χ4n) is 1.30. The van der Waals surface area contributed by atoms with E-state index >= 15 is 0 Å². The number of carbonyl (C=O) groups is 1. The average molecular weight is 275 g/mol. The van der Waals surface area contributed by atoms with Crippen LogP contribution in [0.2, 0.25) is 10.0 Å². The molecule has 0 aliphatic carbocycles. The molecule has 0 aliphatic rings. The van der Waals surface area contributed by atoms with E-state index in [0.717, 1.165) is 19.4 Å². The number of hydrogen-bond donors (Lipinski definition) is 1. The summed E-state index contributed by atoms with van der Waals surface area (Å²) in [5.74, 6) is 0. The molecule has 3 nitrogen and oxygen atoms in total. The molecule has 5 heteroatoms. The molecule has 0 aromatic heterocycles. The molecule has 0 bridgehead atoms. The monoisotopic (exact) mass is 274 g/mol. The Labute approximate surface area is 112 Å². The van der Waals surface area contributed by atoms with Crippen LogP contribution in [0.15, 0.2) is 18.2 Å². The topological polar surface area (TPSA) is 32.3 Å². The Morgan fingerprint density at radius 3 is 2.71 bits per heavy atom. The highest BCUT2D eigenvalue weighted by Crippen LogP contribution is 2.25. The van der Waals surface area contributed by atoms with E-state index in [1.54, 1.807) is 30.1 Å². The number of halogens is 2. The van der Waals surface area contributed by atoms with Gasteiger partial charge in [-0.15, -0.1) is 0 Å². The molecule has 0 aliphatic heterocycles. The van der Waals surface area contributed by atoms with Crippen LogP contribution in [0.25, 0.3) is 0 Å². The molecule has 0 radical (unpaired) electrons. The second kappa shape index (κ2) is 6.72. The molecule has 0 fully saturated rings. The van der Waals surface area contributed by atoms with Crippen LogP contribution in [-0.2, 0) is 0 Å². The van der Waals surface area contributed by atoms with Crippen LogP contribution < -0.4 is 5.32 Å². The van der Waals surface area contributed by atoms with Gasteiger partial charge in [-0.25, -0.2) is 4.79 Å². The zero-order valence-electron chi connectivity index (χ0n) is 9.96. The maximum atomic E-state index is 11.8. The lowest BCUT2D eigenvalue weighted by Crippen LogP contribution is -2.32. The molecule has 0 spiro atoms. The SMILES string of the molecule is CCCCN(C)C(=O)Nc1ccc(Cl)cc1Cl. The first-order chi connectivity index (χ1) is 8.04. The number of nitrogens with zero attached hydrogens (tertiary/aromatic N) is 1. The highest BCUT2D eigenvalue weighted by Gasteiger charge is 2.10. The molecular formula is C12H16Cl2N2O.